The van der Waals surface area contributed by atoms with Crippen molar-refractivity contribution in [3.63, 3.8) is 0 Å². The third-order valence-electron chi connectivity index (χ3n) is 9.56. The summed E-state index contributed by atoms with van der Waals surface area (Å²) in [6.45, 7) is 14.5. The SMILES string of the molecule is CCN1CCC(n2cc(C3=CN(C(=O)OC(C)(C)C)C4N=CC(C5C=C(F)C(C6CCOCC6)=C(C)C5)=CC34)cn2)CC1. The number of dihydropyridines is 1. The molecule has 5 heterocycles. The molecule has 6 rings (SSSR count). The van der Waals surface area contributed by atoms with E-state index in [4.69, 9.17) is 19.6 Å². The van der Waals surface area contributed by atoms with Crippen LogP contribution in [0.1, 0.15) is 78.3 Å². The number of aromatic nitrogens is 2. The summed E-state index contributed by atoms with van der Waals surface area (Å²) in [7, 11) is 0. The molecule has 0 saturated carbocycles. The molecular weight excluding hydrogens is 545 g/mol. The predicted molar refractivity (Wildman–Crippen MR) is 166 cm³/mol. The molecule has 0 bridgehead atoms. The zero-order chi connectivity index (χ0) is 30.3. The molecule has 0 spiro atoms. The van der Waals surface area contributed by atoms with Gasteiger partial charge in [-0.1, -0.05) is 18.6 Å². The number of aliphatic imine (C=N–C) groups is 1. The smallest absolute Gasteiger partial charge is 0.416 e. The number of hydrogen-bond donors (Lipinski definition) is 0. The number of amides is 1. The second-order valence-electron chi connectivity index (χ2n) is 13.6. The minimum absolute atomic E-state index is 0.100. The van der Waals surface area contributed by atoms with Crippen LogP contribution in [-0.2, 0) is 9.47 Å². The van der Waals surface area contributed by atoms with Gasteiger partial charge >= 0.3 is 6.09 Å². The average molecular weight is 592 g/mol. The standard InChI is InChI=1S/C34H46FN5O3/c1-6-38-11-7-27(8-12-38)40-20-26(19-37-40)29-21-39(33(41)43-34(3,4)5)32-28(29)16-25(18-36-32)24-15-22(2)31(30(35)17-24)23-9-13-42-14-10-23/h16-21,23-24,27-28,32H,6-15H2,1-5H3. The number of hydrogen-bond acceptors (Lipinski definition) is 6. The number of fused-ring (bicyclic) bond motifs is 1. The lowest BCUT2D eigenvalue weighted by Gasteiger charge is -2.32. The van der Waals surface area contributed by atoms with Crippen molar-refractivity contribution in [1.82, 2.24) is 19.6 Å². The van der Waals surface area contributed by atoms with Crippen LogP contribution < -0.4 is 0 Å². The molecule has 8 nitrogen and oxygen atoms in total. The van der Waals surface area contributed by atoms with Crippen molar-refractivity contribution in [1.29, 1.82) is 0 Å². The summed E-state index contributed by atoms with van der Waals surface area (Å²) in [6.07, 6.45) is 15.5. The van der Waals surface area contributed by atoms with E-state index in [1.165, 1.54) is 0 Å². The highest BCUT2D eigenvalue weighted by atomic mass is 19.1. The second kappa shape index (κ2) is 12.2. The maximum absolute atomic E-state index is 15.6. The number of carbonyl (C=O) groups is 1. The summed E-state index contributed by atoms with van der Waals surface area (Å²) < 4.78 is 29.0. The maximum atomic E-state index is 15.6. The Hall–Kier alpha value is -3.04. The Labute approximate surface area is 255 Å². The quantitative estimate of drug-likeness (QED) is 0.381. The summed E-state index contributed by atoms with van der Waals surface area (Å²) in [6, 6.07) is 0.363. The first kappa shape index (κ1) is 30.0. The van der Waals surface area contributed by atoms with Gasteiger partial charge in [-0.25, -0.2) is 9.18 Å². The van der Waals surface area contributed by atoms with E-state index >= 15 is 4.39 Å². The minimum atomic E-state index is -0.628. The zero-order valence-corrected chi connectivity index (χ0v) is 26.3. The highest BCUT2D eigenvalue weighted by Gasteiger charge is 2.42. The molecule has 5 aliphatic rings. The maximum Gasteiger partial charge on any atom is 0.416 e. The molecule has 1 aliphatic carbocycles. The molecule has 4 aliphatic heterocycles. The molecule has 3 unspecified atom stereocenters. The Morgan fingerprint density at radius 1 is 1.14 bits per heavy atom. The Morgan fingerprint density at radius 2 is 1.88 bits per heavy atom. The summed E-state index contributed by atoms with van der Waals surface area (Å²) in [4.78, 5) is 22.3. The number of nitrogens with zero attached hydrogens (tertiary/aromatic N) is 5. The number of ether oxygens (including phenoxy) is 2. The van der Waals surface area contributed by atoms with Gasteiger partial charge in [-0.15, -0.1) is 0 Å². The molecule has 3 atom stereocenters. The van der Waals surface area contributed by atoms with Crippen molar-refractivity contribution >= 4 is 17.9 Å². The fraction of sp³-hybridized carbons (Fsp3) is 0.618. The Kier molecular flexibility index (Phi) is 8.48. The molecule has 0 aromatic carbocycles. The third kappa shape index (κ3) is 6.29. The first-order chi connectivity index (χ1) is 20.6. The van der Waals surface area contributed by atoms with Crippen molar-refractivity contribution in [2.24, 2.45) is 22.7 Å². The molecular formula is C34H46FN5O3. The third-order valence-corrected chi connectivity index (χ3v) is 9.56. The van der Waals surface area contributed by atoms with Gasteiger partial charge in [0.2, 0.25) is 0 Å². The van der Waals surface area contributed by atoms with Gasteiger partial charge in [-0.3, -0.25) is 14.6 Å². The molecule has 232 valence electrons. The van der Waals surface area contributed by atoms with E-state index in [1.807, 2.05) is 39.4 Å². The zero-order valence-electron chi connectivity index (χ0n) is 26.3. The van der Waals surface area contributed by atoms with E-state index in [-0.39, 0.29) is 23.6 Å². The second-order valence-corrected chi connectivity index (χ2v) is 13.6. The van der Waals surface area contributed by atoms with Gasteiger partial charge in [0.1, 0.15) is 17.6 Å². The number of likely N-dealkylation sites (tertiary alicyclic amines) is 1. The first-order valence-electron chi connectivity index (χ1n) is 16.0. The Bertz CT molecular complexity index is 1370. The van der Waals surface area contributed by atoms with Gasteiger partial charge in [-0.05, 0) is 95.1 Å². The summed E-state index contributed by atoms with van der Waals surface area (Å²) in [5, 5.41) is 4.77. The van der Waals surface area contributed by atoms with Gasteiger partial charge in [0.15, 0.2) is 0 Å². The van der Waals surface area contributed by atoms with Crippen LogP contribution in [0.15, 0.2) is 58.3 Å². The monoisotopic (exact) mass is 591 g/mol. The molecule has 0 N–H and O–H groups in total. The summed E-state index contributed by atoms with van der Waals surface area (Å²) >= 11 is 0. The Morgan fingerprint density at radius 3 is 2.56 bits per heavy atom. The van der Waals surface area contributed by atoms with Crippen LogP contribution in [0.2, 0.25) is 0 Å². The van der Waals surface area contributed by atoms with Gasteiger partial charge < -0.3 is 14.4 Å². The van der Waals surface area contributed by atoms with E-state index in [1.54, 1.807) is 11.0 Å². The number of carbonyl (C=O) groups excluding carboxylic acids is 1. The normalized spacial score (nSPS) is 27.6. The fourth-order valence-electron chi connectivity index (χ4n) is 7.26. The van der Waals surface area contributed by atoms with E-state index in [0.717, 1.165) is 79.6 Å². The van der Waals surface area contributed by atoms with Crippen molar-refractivity contribution in [3.8, 4) is 0 Å². The van der Waals surface area contributed by atoms with Crippen LogP contribution >= 0.6 is 0 Å². The van der Waals surface area contributed by atoms with Crippen LogP contribution in [0.3, 0.4) is 0 Å². The van der Waals surface area contributed by atoms with Crippen molar-refractivity contribution in [3.05, 3.63) is 58.9 Å². The van der Waals surface area contributed by atoms with Crippen LogP contribution in [0.25, 0.3) is 5.57 Å². The van der Waals surface area contributed by atoms with Crippen LogP contribution in [0, 0.1) is 17.8 Å². The van der Waals surface area contributed by atoms with E-state index in [0.29, 0.717) is 19.3 Å². The summed E-state index contributed by atoms with van der Waals surface area (Å²) in [5.41, 5.74) is 4.31. The predicted octanol–water partition coefficient (Wildman–Crippen LogP) is 6.70. The lowest BCUT2D eigenvalue weighted by molar-refractivity contribution is 0.0279. The van der Waals surface area contributed by atoms with Crippen LogP contribution in [0.5, 0.6) is 0 Å². The molecule has 1 aromatic heterocycles. The van der Waals surface area contributed by atoms with Crippen molar-refractivity contribution in [2.45, 2.75) is 84.5 Å². The number of halogens is 1. The molecule has 1 aromatic rings. The largest absolute Gasteiger partial charge is 0.443 e. The highest BCUT2D eigenvalue weighted by molar-refractivity contribution is 5.87. The van der Waals surface area contributed by atoms with Gasteiger partial charge in [0.25, 0.3) is 0 Å². The number of allylic oxidation sites excluding steroid dienone is 5. The molecule has 2 saturated heterocycles. The molecule has 0 radical (unpaired) electrons. The van der Waals surface area contributed by atoms with Crippen LogP contribution in [-0.4, -0.2) is 76.5 Å². The average Bonchev–Trinajstić information content (AvgIpc) is 3.62. The van der Waals surface area contributed by atoms with Crippen LogP contribution in [0.4, 0.5) is 9.18 Å². The lowest BCUT2D eigenvalue weighted by Crippen LogP contribution is -2.40. The summed E-state index contributed by atoms with van der Waals surface area (Å²) in [5.74, 6) is -0.159. The minimum Gasteiger partial charge on any atom is -0.443 e. The van der Waals surface area contributed by atoms with Crippen molar-refractivity contribution < 1.29 is 18.7 Å². The van der Waals surface area contributed by atoms with Gasteiger partial charge in [0.05, 0.1) is 12.2 Å². The topological polar surface area (TPSA) is 72.2 Å². The number of rotatable bonds is 5. The molecule has 2 fully saturated rings. The van der Waals surface area contributed by atoms with Gasteiger partial charge in [0, 0.05) is 62.3 Å². The fourth-order valence-corrected chi connectivity index (χ4v) is 7.26. The van der Waals surface area contributed by atoms with E-state index < -0.39 is 17.9 Å². The van der Waals surface area contributed by atoms with E-state index in [9.17, 15) is 4.79 Å². The molecule has 43 heavy (non-hydrogen) atoms. The molecule has 9 heteroatoms. The number of piperidine rings is 1. The van der Waals surface area contributed by atoms with Gasteiger partial charge in [-0.2, -0.15) is 5.10 Å². The Balaban J connectivity index is 1.27. The molecule has 1 amide bonds. The highest BCUT2D eigenvalue weighted by Crippen LogP contribution is 2.44. The first-order valence-corrected chi connectivity index (χ1v) is 16.0. The van der Waals surface area contributed by atoms with E-state index in [2.05, 4.69) is 35.7 Å². The lowest BCUT2D eigenvalue weighted by atomic mass is 9.77. The van der Waals surface area contributed by atoms with Crippen molar-refractivity contribution in [2.75, 3.05) is 32.8 Å².